The molecule has 0 saturated heterocycles. The number of nitrogens with one attached hydrogen (secondary N) is 1. The molecule has 2 aromatic carbocycles. The first-order valence-corrected chi connectivity index (χ1v) is 8.11. The summed E-state index contributed by atoms with van der Waals surface area (Å²) in [6.45, 7) is 0. The molecule has 23 heavy (non-hydrogen) atoms. The van der Waals surface area contributed by atoms with E-state index in [1.54, 1.807) is 30.3 Å². The molecule has 0 radical (unpaired) electrons. The summed E-state index contributed by atoms with van der Waals surface area (Å²) in [5, 5.41) is 3.28. The number of amides is 1. The van der Waals surface area contributed by atoms with Crippen molar-refractivity contribution in [3.05, 3.63) is 53.1 Å². The summed E-state index contributed by atoms with van der Waals surface area (Å²) in [4.78, 5) is 12.3. The Morgan fingerprint density at radius 3 is 2.57 bits per heavy atom. The minimum atomic E-state index is -0.492. The number of fused-ring (bicyclic) bond motifs is 1. The monoisotopic (exact) mass is 329 g/mol. The van der Waals surface area contributed by atoms with E-state index in [9.17, 15) is 4.79 Å². The van der Waals surface area contributed by atoms with Gasteiger partial charge in [-0.2, -0.15) is 0 Å². The van der Waals surface area contributed by atoms with Crippen molar-refractivity contribution in [3.63, 3.8) is 0 Å². The van der Waals surface area contributed by atoms with Crippen molar-refractivity contribution in [3.8, 4) is 11.5 Å². The molecule has 5 heteroatoms. The molecule has 1 aliphatic heterocycles. The molecule has 4 nitrogen and oxygen atoms in total. The predicted octanol–water partition coefficient (Wildman–Crippen LogP) is 4.63. The molecule has 2 aliphatic rings. The van der Waals surface area contributed by atoms with Crippen molar-refractivity contribution in [2.75, 3.05) is 5.32 Å². The normalized spacial score (nSPS) is 17.4. The minimum absolute atomic E-state index is 0.245. The first kappa shape index (κ1) is 14.4. The van der Waals surface area contributed by atoms with Gasteiger partial charge < -0.3 is 14.8 Å². The molecule has 0 atom stereocenters. The third kappa shape index (κ3) is 2.63. The molecule has 2 aromatic rings. The molecule has 1 amide bonds. The van der Waals surface area contributed by atoms with E-state index < -0.39 is 5.79 Å². The zero-order valence-corrected chi connectivity index (χ0v) is 13.2. The Labute approximate surface area is 139 Å². The van der Waals surface area contributed by atoms with Crippen LogP contribution >= 0.6 is 11.6 Å². The average molecular weight is 330 g/mol. The van der Waals surface area contributed by atoms with Gasteiger partial charge in [0.25, 0.3) is 11.7 Å². The van der Waals surface area contributed by atoms with Gasteiger partial charge in [0, 0.05) is 24.6 Å². The van der Waals surface area contributed by atoms with Gasteiger partial charge in [0.05, 0.1) is 10.6 Å². The molecule has 0 bridgehead atoms. The summed E-state index contributed by atoms with van der Waals surface area (Å²) in [6.07, 6.45) is 4.04. The number of halogens is 1. The van der Waals surface area contributed by atoms with E-state index in [1.807, 2.05) is 12.1 Å². The van der Waals surface area contributed by atoms with Crippen LogP contribution in [0.3, 0.4) is 0 Å². The fourth-order valence-electron chi connectivity index (χ4n) is 3.13. The number of carbonyl (C=O) groups is 1. The van der Waals surface area contributed by atoms with Gasteiger partial charge >= 0.3 is 0 Å². The third-order valence-corrected chi connectivity index (χ3v) is 4.61. The zero-order chi connectivity index (χ0) is 15.9. The molecule has 1 saturated carbocycles. The van der Waals surface area contributed by atoms with Crippen LogP contribution in [-0.2, 0) is 0 Å². The maximum atomic E-state index is 12.3. The quantitative estimate of drug-likeness (QED) is 0.873. The van der Waals surface area contributed by atoms with Crippen molar-refractivity contribution in [2.45, 2.75) is 31.5 Å². The van der Waals surface area contributed by atoms with Gasteiger partial charge in [-0.3, -0.25) is 4.79 Å². The molecular weight excluding hydrogens is 314 g/mol. The highest BCUT2D eigenvalue weighted by molar-refractivity contribution is 6.34. The van der Waals surface area contributed by atoms with Crippen molar-refractivity contribution < 1.29 is 14.3 Å². The van der Waals surface area contributed by atoms with E-state index in [1.165, 1.54) is 0 Å². The van der Waals surface area contributed by atoms with Crippen LogP contribution < -0.4 is 14.8 Å². The van der Waals surface area contributed by atoms with Gasteiger partial charge in [-0.25, -0.2) is 0 Å². The molecule has 4 rings (SSSR count). The fraction of sp³-hybridized carbons (Fsp3) is 0.278. The molecule has 0 aromatic heterocycles. The first-order chi connectivity index (χ1) is 11.2. The Kier molecular flexibility index (Phi) is 3.42. The molecule has 0 unspecified atom stereocenters. The molecule has 1 spiro atoms. The van der Waals surface area contributed by atoms with Gasteiger partial charge in [0.1, 0.15) is 0 Å². The van der Waals surface area contributed by atoms with E-state index in [2.05, 4.69) is 5.32 Å². The van der Waals surface area contributed by atoms with Gasteiger partial charge in [0.15, 0.2) is 11.5 Å². The minimum Gasteiger partial charge on any atom is -0.448 e. The Bertz CT molecular complexity index is 769. The number of ether oxygens (including phenoxy) is 2. The summed E-state index contributed by atoms with van der Waals surface area (Å²) in [6, 6.07) is 12.4. The second kappa shape index (κ2) is 5.46. The maximum Gasteiger partial charge on any atom is 0.257 e. The Morgan fingerprint density at radius 1 is 1.04 bits per heavy atom. The van der Waals surface area contributed by atoms with Crippen LogP contribution in [0, 0.1) is 0 Å². The van der Waals surface area contributed by atoms with E-state index in [4.69, 9.17) is 21.1 Å². The number of hydrogen-bond donors (Lipinski definition) is 1. The molecule has 1 heterocycles. The van der Waals surface area contributed by atoms with Crippen LogP contribution in [0.1, 0.15) is 36.0 Å². The van der Waals surface area contributed by atoms with E-state index >= 15 is 0 Å². The van der Waals surface area contributed by atoms with E-state index in [0.717, 1.165) is 31.4 Å². The number of carbonyl (C=O) groups excluding carboxylic acids is 1. The average Bonchev–Trinajstić information content (AvgIpc) is 3.13. The van der Waals surface area contributed by atoms with Gasteiger partial charge in [-0.05, 0) is 37.1 Å². The smallest absolute Gasteiger partial charge is 0.257 e. The summed E-state index contributed by atoms with van der Waals surface area (Å²) in [7, 11) is 0. The van der Waals surface area contributed by atoms with Crippen molar-refractivity contribution in [1.29, 1.82) is 0 Å². The van der Waals surface area contributed by atoms with Crippen LogP contribution in [0.5, 0.6) is 11.5 Å². The zero-order valence-electron chi connectivity index (χ0n) is 12.5. The Morgan fingerprint density at radius 2 is 1.78 bits per heavy atom. The topological polar surface area (TPSA) is 47.6 Å². The first-order valence-electron chi connectivity index (χ1n) is 7.73. The summed E-state index contributed by atoms with van der Waals surface area (Å²) >= 11 is 6.06. The number of hydrogen-bond acceptors (Lipinski definition) is 3. The second-order valence-electron chi connectivity index (χ2n) is 5.92. The standard InChI is InChI=1S/C18H16ClNO3/c19-14-6-2-1-5-13(14)17(21)20-12-7-8-15-16(11-12)23-18(22-15)9-3-4-10-18/h1-2,5-8,11H,3-4,9-10H2,(H,20,21). The van der Waals surface area contributed by atoms with Crippen LogP contribution in [-0.4, -0.2) is 11.7 Å². The molecule has 1 aliphatic carbocycles. The Balaban J connectivity index is 1.54. The summed E-state index contributed by atoms with van der Waals surface area (Å²) in [5.41, 5.74) is 1.10. The number of rotatable bonds is 2. The van der Waals surface area contributed by atoms with Crippen LogP contribution in [0.2, 0.25) is 5.02 Å². The number of benzene rings is 2. The van der Waals surface area contributed by atoms with Gasteiger partial charge in [-0.15, -0.1) is 0 Å². The largest absolute Gasteiger partial charge is 0.448 e. The SMILES string of the molecule is O=C(Nc1ccc2c(c1)OC1(CCCC1)O2)c1ccccc1Cl. The lowest BCUT2D eigenvalue weighted by Crippen LogP contribution is -2.34. The molecule has 118 valence electrons. The Hall–Kier alpha value is -2.20. The van der Waals surface area contributed by atoms with Crippen LogP contribution in [0.25, 0.3) is 0 Å². The van der Waals surface area contributed by atoms with Gasteiger partial charge in [-0.1, -0.05) is 23.7 Å². The van der Waals surface area contributed by atoms with Crippen LogP contribution in [0.4, 0.5) is 5.69 Å². The summed E-state index contributed by atoms with van der Waals surface area (Å²) < 4.78 is 12.0. The van der Waals surface area contributed by atoms with Crippen molar-refractivity contribution in [2.24, 2.45) is 0 Å². The fourth-order valence-corrected chi connectivity index (χ4v) is 3.35. The molecule has 1 N–H and O–H groups in total. The van der Waals surface area contributed by atoms with Gasteiger partial charge in [0.2, 0.25) is 0 Å². The van der Waals surface area contributed by atoms with Crippen LogP contribution in [0.15, 0.2) is 42.5 Å². The van der Waals surface area contributed by atoms with E-state index in [0.29, 0.717) is 22.0 Å². The van der Waals surface area contributed by atoms with Crippen molar-refractivity contribution in [1.82, 2.24) is 0 Å². The lowest BCUT2D eigenvalue weighted by atomic mass is 10.2. The second-order valence-corrected chi connectivity index (χ2v) is 6.32. The third-order valence-electron chi connectivity index (χ3n) is 4.28. The lowest BCUT2D eigenvalue weighted by molar-refractivity contribution is -0.0716. The molecule has 1 fully saturated rings. The molecular formula is C18H16ClNO3. The number of anilines is 1. The highest BCUT2D eigenvalue weighted by Gasteiger charge is 2.44. The highest BCUT2D eigenvalue weighted by atomic mass is 35.5. The van der Waals surface area contributed by atoms with E-state index in [-0.39, 0.29) is 5.91 Å². The summed E-state index contributed by atoms with van der Waals surface area (Å²) in [5.74, 6) is 0.685. The predicted molar refractivity (Wildman–Crippen MR) is 88.3 cm³/mol. The lowest BCUT2D eigenvalue weighted by Gasteiger charge is -2.21. The van der Waals surface area contributed by atoms with Crippen molar-refractivity contribution >= 4 is 23.2 Å². The highest BCUT2D eigenvalue weighted by Crippen LogP contribution is 2.47. The maximum absolute atomic E-state index is 12.3.